The fourth-order valence-electron chi connectivity index (χ4n) is 7.36. The molecule has 0 aromatic rings. The van der Waals surface area contributed by atoms with Crippen LogP contribution >= 0.6 is 0 Å². The van der Waals surface area contributed by atoms with Crippen molar-refractivity contribution in [1.29, 1.82) is 0 Å². The number of hydrogen-bond donors (Lipinski definition) is 2. The third-order valence-corrected chi connectivity index (χ3v) is 9.15. The van der Waals surface area contributed by atoms with Crippen LogP contribution in [0.25, 0.3) is 0 Å². The summed E-state index contributed by atoms with van der Waals surface area (Å²) in [5.41, 5.74) is 4.93. The quantitative estimate of drug-likeness (QED) is 0.530. The number of aliphatic hydroxyl groups excluding tert-OH is 1. The van der Waals surface area contributed by atoms with Crippen LogP contribution in [0.15, 0.2) is 34.9 Å². The molecule has 2 heteroatoms. The van der Waals surface area contributed by atoms with E-state index in [0.29, 0.717) is 23.2 Å². The summed E-state index contributed by atoms with van der Waals surface area (Å²) in [7, 11) is 0. The van der Waals surface area contributed by atoms with E-state index in [4.69, 9.17) is 0 Å². The van der Waals surface area contributed by atoms with E-state index >= 15 is 0 Å². The fraction of sp³-hybridized carbons (Fsp3) is 0.778. The second kappa shape index (κ2) is 7.38. The van der Waals surface area contributed by atoms with E-state index in [-0.39, 0.29) is 11.5 Å². The van der Waals surface area contributed by atoms with E-state index in [1.165, 1.54) is 31.3 Å². The minimum atomic E-state index is -0.547. The third-order valence-electron chi connectivity index (χ3n) is 9.15. The first-order valence-corrected chi connectivity index (χ1v) is 12.1. The molecule has 2 nitrogen and oxygen atoms in total. The van der Waals surface area contributed by atoms with Crippen LogP contribution in [0.1, 0.15) is 92.4 Å². The summed E-state index contributed by atoms with van der Waals surface area (Å²) in [6, 6.07) is 0. The van der Waals surface area contributed by atoms with Crippen LogP contribution in [-0.2, 0) is 0 Å². The van der Waals surface area contributed by atoms with E-state index in [1.807, 2.05) is 13.8 Å². The second-order valence-corrected chi connectivity index (χ2v) is 11.7. The number of aliphatic hydroxyl groups is 2. The van der Waals surface area contributed by atoms with Gasteiger partial charge in [0.2, 0.25) is 0 Å². The lowest BCUT2D eigenvalue weighted by Crippen LogP contribution is -2.45. The van der Waals surface area contributed by atoms with Gasteiger partial charge in [-0.15, -0.1) is 0 Å². The number of fused-ring (bicyclic) bond motifs is 5. The molecule has 0 heterocycles. The van der Waals surface area contributed by atoms with E-state index in [9.17, 15) is 10.2 Å². The number of allylic oxidation sites excluding steroid dienone is 5. The van der Waals surface area contributed by atoms with Gasteiger partial charge in [0.25, 0.3) is 0 Å². The second-order valence-electron chi connectivity index (χ2n) is 11.7. The molecule has 0 aromatic heterocycles. The number of rotatable bonds is 5. The Labute approximate surface area is 178 Å². The molecule has 6 unspecified atom stereocenters. The monoisotopic (exact) mass is 398 g/mol. The molecule has 0 bridgehead atoms. The zero-order chi connectivity index (χ0) is 21.0. The summed E-state index contributed by atoms with van der Waals surface area (Å²) in [5, 5.41) is 20.2. The Bertz CT molecular complexity index is 736. The minimum Gasteiger partial charge on any atom is -0.393 e. The van der Waals surface area contributed by atoms with Crippen LogP contribution in [0.2, 0.25) is 0 Å². The van der Waals surface area contributed by atoms with Crippen LogP contribution in [-0.4, -0.2) is 21.9 Å². The predicted octanol–water partition coefficient (Wildman–Crippen LogP) is 6.34. The van der Waals surface area contributed by atoms with Crippen molar-refractivity contribution in [1.82, 2.24) is 0 Å². The third kappa shape index (κ3) is 3.69. The Balaban J connectivity index is 1.52. The van der Waals surface area contributed by atoms with E-state index in [1.54, 1.807) is 11.1 Å². The lowest BCUT2D eigenvalue weighted by atomic mass is 9.50. The topological polar surface area (TPSA) is 40.5 Å². The highest BCUT2D eigenvalue weighted by atomic mass is 16.3. The number of hydrogen-bond acceptors (Lipinski definition) is 2. The van der Waals surface area contributed by atoms with Crippen LogP contribution in [0.3, 0.4) is 0 Å². The molecular weight excluding hydrogens is 356 g/mol. The molecule has 0 aliphatic heterocycles. The van der Waals surface area contributed by atoms with Crippen molar-refractivity contribution < 1.29 is 10.2 Å². The van der Waals surface area contributed by atoms with Gasteiger partial charge >= 0.3 is 0 Å². The predicted molar refractivity (Wildman–Crippen MR) is 120 cm³/mol. The van der Waals surface area contributed by atoms with Crippen molar-refractivity contribution in [3.8, 4) is 0 Å². The van der Waals surface area contributed by atoms with Crippen molar-refractivity contribution in [2.45, 2.75) is 104 Å². The van der Waals surface area contributed by atoms with Crippen molar-refractivity contribution >= 4 is 0 Å². The van der Waals surface area contributed by atoms with Crippen molar-refractivity contribution in [3.05, 3.63) is 34.9 Å². The van der Waals surface area contributed by atoms with Gasteiger partial charge in [-0.3, -0.25) is 0 Å². The SMILES string of the molecule is CC(CCCC(C)(C)O)C1=CCC2C3=CC=C4CC(O)CCC4(C)C3CCC12C. The summed E-state index contributed by atoms with van der Waals surface area (Å²) in [6.45, 7) is 11.3. The van der Waals surface area contributed by atoms with Gasteiger partial charge in [0, 0.05) is 0 Å². The smallest absolute Gasteiger partial charge is 0.0591 e. The van der Waals surface area contributed by atoms with Gasteiger partial charge in [0.15, 0.2) is 0 Å². The van der Waals surface area contributed by atoms with Crippen molar-refractivity contribution in [2.24, 2.45) is 28.6 Å². The van der Waals surface area contributed by atoms with E-state index < -0.39 is 5.60 Å². The molecular formula is C27H42O2. The average molecular weight is 399 g/mol. The molecule has 0 amide bonds. The molecule has 0 spiro atoms. The molecule has 0 aromatic carbocycles. The Morgan fingerprint density at radius 1 is 1.10 bits per heavy atom. The molecule has 0 saturated heterocycles. The van der Waals surface area contributed by atoms with Gasteiger partial charge in [-0.2, -0.15) is 0 Å². The zero-order valence-electron chi connectivity index (χ0n) is 19.3. The van der Waals surface area contributed by atoms with Crippen molar-refractivity contribution in [2.75, 3.05) is 0 Å². The Morgan fingerprint density at radius 3 is 2.55 bits per heavy atom. The fourth-order valence-corrected chi connectivity index (χ4v) is 7.36. The maximum atomic E-state index is 10.2. The van der Waals surface area contributed by atoms with Gasteiger partial charge in [-0.1, -0.05) is 62.1 Å². The highest BCUT2D eigenvalue weighted by molar-refractivity contribution is 5.42. The largest absolute Gasteiger partial charge is 0.393 e. The van der Waals surface area contributed by atoms with Gasteiger partial charge in [-0.05, 0) is 93.8 Å². The molecule has 4 aliphatic carbocycles. The van der Waals surface area contributed by atoms with Crippen LogP contribution in [0, 0.1) is 28.6 Å². The van der Waals surface area contributed by atoms with Gasteiger partial charge in [0.05, 0.1) is 11.7 Å². The molecule has 2 fully saturated rings. The first-order chi connectivity index (χ1) is 13.5. The molecule has 162 valence electrons. The highest BCUT2D eigenvalue weighted by Crippen LogP contribution is 2.64. The first kappa shape index (κ1) is 21.4. The van der Waals surface area contributed by atoms with E-state index in [0.717, 1.165) is 32.1 Å². The van der Waals surface area contributed by atoms with Crippen molar-refractivity contribution in [3.63, 3.8) is 0 Å². The summed E-state index contributed by atoms with van der Waals surface area (Å²) in [5.74, 6) is 1.94. The lowest BCUT2D eigenvalue weighted by molar-refractivity contribution is 0.0600. The van der Waals surface area contributed by atoms with Gasteiger partial charge in [0.1, 0.15) is 0 Å². The summed E-state index contributed by atoms with van der Waals surface area (Å²) < 4.78 is 0. The maximum Gasteiger partial charge on any atom is 0.0591 e. The molecule has 4 aliphatic rings. The molecule has 29 heavy (non-hydrogen) atoms. The minimum absolute atomic E-state index is 0.136. The van der Waals surface area contributed by atoms with Crippen LogP contribution in [0.4, 0.5) is 0 Å². The summed E-state index contributed by atoms with van der Waals surface area (Å²) in [4.78, 5) is 0. The summed E-state index contributed by atoms with van der Waals surface area (Å²) in [6.07, 6.45) is 17.2. The van der Waals surface area contributed by atoms with Gasteiger partial charge in [-0.25, -0.2) is 0 Å². The Morgan fingerprint density at radius 2 is 1.83 bits per heavy atom. The van der Waals surface area contributed by atoms with Crippen LogP contribution < -0.4 is 0 Å². The molecule has 4 rings (SSSR count). The average Bonchev–Trinajstić information content (AvgIpc) is 2.98. The van der Waals surface area contributed by atoms with E-state index in [2.05, 4.69) is 39.0 Å². The lowest BCUT2D eigenvalue weighted by Gasteiger charge is -2.54. The maximum absolute atomic E-state index is 10.2. The molecule has 2 saturated carbocycles. The Kier molecular flexibility index (Phi) is 5.44. The normalized spacial score (nSPS) is 40.2. The molecule has 6 atom stereocenters. The standard InChI is InChI=1S/C27H42O2/c1-18(7-6-14-25(2,3)29)22-10-11-23-21-9-8-19-17-20(28)12-15-26(19,4)24(21)13-16-27(22,23)5/h8-10,18,20,23-24,28-29H,6-7,11-17H2,1-5H3. The van der Waals surface area contributed by atoms with Gasteiger partial charge < -0.3 is 10.2 Å². The summed E-state index contributed by atoms with van der Waals surface area (Å²) >= 11 is 0. The molecule has 0 radical (unpaired) electrons. The van der Waals surface area contributed by atoms with Crippen LogP contribution in [0.5, 0.6) is 0 Å². The highest BCUT2D eigenvalue weighted by Gasteiger charge is 2.54. The first-order valence-electron chi connectivity index (χ1n) is 12.1. The molecule has 2 N–H and O–H groups in total. The zero-order valence-corrected chi connectivity index (χ0v) is 19.3. The Hall–Kier alpha value is -0.860.